The first-order chi connectivity index (χ1) is 6.24. The fourth-order valence-corrected chi connectivity index (χ4v) is 1.73. The Morgan fingerprint density at radius 1 is 1.54 bits per heavy atom. The molecule has 2 heterocycles. The summed E-state index contributed by atoms with van der Waals surface area (Å²) >= 11 is 0. The molecule has 1 aromatic heterocycles. The van der Waals surface area contributed by atoms with Crippen molar-refractivity contribution in [1.82, 2.24) is 9.55 Å². The molecule has 0 aromatic carbocycles. The Labute approximate surface area is 75.3 Å². The van der Waals surface area contributed by atoms with E-state index >= 15 is 0 Å². The molecule has 1 aliphatic rings. The molecule has 0 saturated carbocycles. The van der Waals surface area contributed by atoms with Gasteiger partial charge in [-0.3, -0.25) is 0 Å². The second kappa shape index (κ2) is 3.10. The molecule has 13 heavy (non-hydrogen) atoms. The van der Waals surface area contributed by atoms with Gasteiger partial charge in [-0.05, 0) is 6.42 Å². The summed E-state index contributed by atoms with van der Waals surface area (Å²) in [6.45, 7) is -0.0485. The number of fused-ring (bicyclic) bond motifs is 1. The third-order valence-electron chi connectivity index (χ3n) is 2.48. The molecule has 0 fully saturated rings. The van der Waals surface area contributed by atoms with Crippen LogP contribution in [0.4, 0.5) is 0 Å². The van der Waals surface area contributed by atoms with Crippen LogP contribution in [0.2, 0.25) is 0 Å². The van der Waals surface area contributed by atoms with Crippen LogP contribution < -0.4 is 0 Å². The van der Waals surface area contributed by atoms with E-state index in [1.54, 1.807) is 10.9 Å². The molecule has 0 saturated heterocycles. The molecular weight excluding hydrogens is 172 g/mol. The second-order valence-corrected chi connectivity index (χ2v) is 3.31. The Kier molecular flexibility index (Phi) is 2.07. The van der Waals surface area contributed by atoms with Crippen LogP contribution in [0.25, 0.3) is 0 Å². The van der Waals surface area contributed by atoms with Gasteiger partial charge in [0.2, 0.25) is 0 Å². The molecule has 0 bridgehead atoms. The van der Waals surface area contributed by atoms with E-state index in [9.17, 15) is 10.2 Å². The maximum absolute atomic E-state index is 9.54. The van der Waals surface area contributed by atoms with Crippen molar-refractivity contribution in [3.63, 3.8) is 0 Å². The van der Waals surface area contributed by atoms with Gasteiger partial charge >= 0.3 is 0 Å². The van der Waals surface area contributed by atoms with Gasteiger partial charge in [0.15, 0.2) is 0 Å². The fourth-order valence-electron chi connectivity index (χ4n) is 1.73. The normalized spacial score (nSPS) is 33.0. The molecule has 0 unspecified atom stereocenters. The van der Waals surface area contributed by atoms with E-state index in [-0.39, 0.29) is 12.6 Å². The number of hydrogen-bond acceptors (Lipinski definition) is 4. The summed E-state index contributed by atoms with van der Waals surface area (Å²) in [5.41, 5.74) is 0.567. The van der Waals surface area contributed by atoms with Gasteiger partial charge in [0.25, 0.3) is 0 Å². The maximum atomic E-state index is 9.54. The van der Waals surface area contributed by atoms with E-state index in [2.05, 4.69) is 4.98 Å². The molecule has 0 aliphatic carbocycles. The number of aromatic nitrogens is 2. The molecule has 72 valence electrons. The number of aliphatic hydroxyl groups excluding tert-OH is 3. The average Bonchev–Trinajstić information content (AvgIpc) is 2.60. The van der Waals surface area contributed by atoms with Crippen molar-refractivity contribution in [2.45, 2.75) is 24.7 Å². The van der Waals surface area contributed by atoms with Gasteiger partial charge in [0.1, 0.15) is 6.10 Å². The topological polar surface area (TPSA) is 78.5 Å². The molecule has 3 atom stereocenters. The minimum Gasteiger partial charge on any atom is -0.394 e. The largest absolute Gasteiger partial charge is 0.394 e. The van der Waals surface area contributed by atoms with Gasteiger partial charge in [-0.1, -0.05) is 0 Å². The Bertz CT molecular complexity index is 289. The molecule has 0 spiro atoms. The monoisotopic (exact) mass is 184 g/mol. The van der Waals surface area contributed by atoms with Crippen LogP contribution in [-0.2, 0) is 0 Å². The predicted octanol–water partition coefficient (Wildman–Crippen LogP) is -0.786. The van der Waals surface area contributed by atoms with Crippen molar-refractivity contribution in [2.75, 3.05) is 6.61 Å². The smallest absolute Gasteiger partial charge is 0.121 e. The molecule has 2 rings (SSSR count). The molecule has 1 aliphatic heterocycles. The Morgan fingerprint density at radius 3 is 3.00 bits per heavy atom. The lowest BCUT2D eigenvalue weighted by Gasteiger charge is -2.31. The van der Waals surface area contributed by atoms with Crippen LogP contribution in [0.3, 0.4) is 0 Å². The van der Waals surface area contributed by atoms with Gasteiger partial charge < -0.3 is 19.9 Å². The van der Waals surface area contributed by atoms with Gasteiger partial charge in [0.05, 0.1) is 37.0 Å². The highest BCUT2D eigenvalue weighted by molar-refractivity contribution is 5.10. The molecular formula is C8H12N2O3. The zero-order chi connectivity index (χ0) is 9.42. The highest BCUT2D eigenvalue weighted by atomic mass is 16.3. The lowest BCUT2D eigenvalue weighted by atomic mass is 9.98. The van der Waals surface area contributed by atoms with E-state index in [0.717, 1.165) is 0 Å². The SMILES string of the molecule is OC[C@@H]1C[C@H](O)[C@H](O)c2cncn21. The second-order valence-electron chi connectivity index (χ2n) is 3.31. The summed E-state index contributed by atoms with van der Waals surface area (Å²) in [4.78, 5) is 3.87. The number of imidazole rings is 1. The van der Waals surface area contributed by atoms with Crippen LogP contribution in [0.1, 0.15) is 24.3 Å². The number of nitrogens with zero attached hydrogens (tertiary/aromatic N) is 2. The van der Waals surface area contributed by atoms with E-state index in [1.807, 2.05) is 0 Å². The van der Waals surface area contributed by atoms with Crippen LogP contribution in [0.5, 0.6) is 0 Å². The number of hydrogen-bond donors (Lipinski definition) is 3. The molecule has 5 nitrogen and oxygen atoms in total. The fraction of sp³-hybridized carbons (Fsp3) is 0.625. The summed E-state index contributed by atoms with van der Waals surface area (Å²) < 4.78 is 1.71. The van der Waals surface area contributed by atoms with Gasteiger partial charge in [-0.15, -0.1) is 0 Å². The van der Waals surface area contributed by atoms with E-state index < -0.39 is 12.2 Å². The van der Waals surface area contributed by atoms with Gasteiger partial charge in [-0.25, -0.2) is 4.98 Å². The summed E-state index contributed by atoms with van der Waals surface area (Å²) in [7, 11) is 0. The molecule has 0 amide bonds. The third-order valence-corrected chi connectivity index (χ3v) is 2.48. The van der Waals surface area contributed by atoms with Crippen molar-refractivity contribution in [3.8, 4) is 0 Å². The summed E-state index contributed by atoms with van der Waals surface area (Å²) in [6.07, 6.45) is 1.74. The number of aliphatic hydroxyl groups is 3. The Balaban J connectivity index is 2.38. The van der Waals surface area contributed by atoms with Gasteiger partial charge in [-0.2, -0.15) is 0 Å². The third kappa shape index (κ3) is 1.25. The lowest BCUT2D eigenvalue weighted by molar-refractivity contribution is -0.0227. The first-order valence-corrected chi connectivity index (χ1v) is 4.22. The van der Waals surface area contributed by atoms with Crippen molar-refractivity contribution < 1.29 is 15.3 Å². The van der Waals surface area contributed by atoms with Crippen molar-refractivity contribution in [3.05, 3.63) is 18.2 Å². The quantitative estimate of drug-likeness (QED) is 0.534. The molecule has 0 radical (unpaired) electrons. The average molecular weight is 184 g/mol. The molecule has 5 heteroatoms. The zero-order valence-electron chi connectivity index (χ0n) is 7.04. The lowest BCUT2D eigenvalue weighted by Crippen LogP contribution is -2.33. The minimum atomic E-state index is -0.884. The Morgan fingerprint density at radius 2 is 2.31 bits per heavy atom. The van der Waals surface area contributed by atoms with E-state index in [4.69, 9.17) is 5.11 Å². The van der Waals surface area contributed by atoms with Crippen molar-refractivity contribution >= 4 is 0 Å². The standard InChI is InChI=1S/C8H12N2O3/c11-3-5-1-7(12)8(13)6-2-9-4-10(5)6/h2,4-5,7-8,11-13H,1,3H2/t5-,7-,8+/m0/s1. The van der Waals surface area contributed by atoms with Crippen LogP contribution in [0, 0.1) is 0 Å². The maximum Gasteiger partial charge on any atom is 0.121 e. The summed E-state index contributed by atoms with van der Waals surface area (Å²) in [6, 6.07) is -0.170. The minimum absolute atomic E-state index is 0.0485. The summed E-state index contributed by atoms with van der Waals surface area (Å²) in [5, 5.41) is 28.0. The van der Waals surface area contributed by atoms with Crippen LogP contribution in [0.15, 0.2) is 12.5 Å². The predicted molar refractivity (Wildman–Crippen MR) is 43.9 cm³/mol. The van der Waals surface area contributed by atoms with Crippen LogP contribution in [-0.4, -0.2) is 37.6 Å². The van der Waals surface area contributed by atoms with Gasteiger partial charge in [0, 0.05) is 0 Å². The van der Waals surface area contributed by atoms with E-state index in [1.165, 1.54) is 6.20 Å². The van der Waals surface area contributed by atoms with Crippen LogP contribution >= 0.6 is 0 Å². The molecule has 3 N–H and O–H groups in total. The highest BCUT2D eigenvalue weighted by Gasteiger charge is 2.32. The highest BCUT2D eigenvalue weighted by Crippen LogP contribution is 2.31. The van der Waals surface area contributed by atoms with Crippen molar-refractivity contribution in [2.24, 2.45) is 0 Å². The number of rotatable bonds is 1. The molecule has 1 aromatic rings. The summed E-state index contributed by atoms with van der Waals surface area (Å²) in [5.74, 6) is 0. The van der Waals surface area contributed by atoms with E-state index in [0.29, 0.717) is 12.1 Å². The zero-order valence-corrected chi connectivity index (χ0v) is 7.04. The van der Waals surface area contributed by atoms with Crippen molar-refractivity contribution in [1.29, 1.82) is 0 Å². The first-order valence-electron chi connectivity index (χ1n) is 4.22. The Hall–Kier alpha value is -0.910. The first kappa shape index (κ1) is 8.68.